The lowest BCUT2D eigenvalue weighted by Gasteiger charge is -2.10. The summed E-state index contributed by atoms with van der Waals surface area (Å²) in [6.45, 7) is 4.79. The predicted molar refractivity (Wildman–Crippen MR) is 80.0 cm³/mol. The minimum atomic E-state index is -0.986. The summed E-state index contributed by atoms with van der Waals surface area (Å²) < 4.78 is 7.12. The van der Waals surface area contributed by atoms with Gasteiger partial charge in [-0.25, -0.2) is 4.79 Å². The van der Waals surface area contributed by atoms with Crippen LogP contribution in [0.1, 0.15) is 41.2 Å². The number of hydrogen-bond donors (Lipinski definition) is 1. The van der Waals surface area contributed by atoms with Crippen molar-refractivity contribution in [3.8, 4) is 5.75 Å². The van der Waals surface area contributed by atoms with Crippen LogP contribution in [-0.4, -0.2) is 28.0 Å². The molecule has 0 aliphatic carbocycles. The van der Waals surface area contributed by atoms with Crippen LogP contribution in [0, 0.1) is 0 Å². The molecule has 21 heavy (non-hydrogen) atoms. The summed E-state index contributed by atoms with van der Waals surface area (Å²) in [6, 6.07) is 7.25. The van der Waals surface area contributed by atoms with Gasteiger partial charge in [0.2, 0.25) is 0 Å². The van der Waals surface area contributed by atoms with Crippen molar-refractivity contribution in [1.29, 1.82) is 0 Å². The summed E-state index contributed by atoms with van der Waals surface area (Å²) in [7, 11) is 1.48. The second-order valence-corrected chi connectivity index (χ2v) is 4.83. The van der Waals surface area contributed by atoms with E-state index in [4.69, 9.17) is 9.84 Å². The largest absolute Gasteiger partial charge is 0.496 e. The number of aromatic carboxylic acids is 1. The van der Waals surface area contributed by atoms with E-state index in [0.29, 0.717) is 12.3 Å². The number of rotatable bonds is 6. The highest BCUT2D eigenvalue weighted by Crippen LogP contribution is 2.21. The Hall–Kier alpha value is -2.30. The number of benzene rings is 1. The fourth-order valence-corrected chi connectivity index (χ4v) is 2.29. The number of nitrogens with zero attached hydrogens (tertiary/aromatic N) is 2. The molecule has 1 aromatic carbocycles. The van der Waals surface area contributed by atoms with Gasteiger partial charge in [0.05, 0.1) is 19.3 Å². The smallest absolute Gasteiger partial charge is 0.339 e. The van der Waals surface area contributed by atoms with Gasteiger partial charge >= 0.3 is 5.97 Å². The van der Waals surface area contributed by atoms with Crippen LogP contribution < -0.4 is 4.74 Å². The van der Waals surface area contributed by atoms with Gasteiger partial charge in [-0.1, -0.05) is 19.9 Å². The minimum Gasteiger partial charge on any atom is -0.496 e. The first-order chi connectivity index (χ1) is 10.1. The zero-order valence-electron chi connectivity index (χ0n) is 12.6. The van der Waals surface area contributed by atoms with Crippen molar-refractivity contribution in [2.75, 3.05) is 7.11 Å². The molecule has 0 spiro atoms. The van der Waals surface area contributed by atoms with Crippen molar-refractivity contribution in [2.45, 2.75) is 33.2 Å². The van der Waals surface area contributed by atoms with Crippen LogP contribution in [0.3, 0.4) is 0 Å². The highest BCUT2D eigenvalue weighted by atomic mass is 16.5. The molecule has 0 atom stereocenters. The topological polar surface area (TPSA) is 64.4 Å². The molecule has 0 saturated heterocycles. The number of ether oxygens (including phenoxy) is 1. The van der Waals surface area contributed by atoms with E-state index in [1.807, 2.05) is 4.68 Å². The maximum Gasteiger partial charge on any atom is 0.339 e. The quantitative estimate of drug-likeness (QED) is 0.887. The van der Waals surface area contributed by atoms with E-state index in [2.05, 4.69) is 25.0 Å². The molecular formula is C16H20N2O3. The van der Waals surface area contributed by atoms with E-state index in [1.54, 1.807) is 18.2 Å². The van der Waals surface area contributed by atoms with Gasteiger partial charge in [0, 0.05) is 5.69 Å². The Morgan fingerprint density at radius 2 is 2.05 bits per heavy atom. The number of carbonyl (C=O) groups is 1. The molecule has 0 bridgehead atoms. The highest BCUT2D eigenvalue weighted by Gasteiger charge is 2.12. The maximum atomic E-state index is 11.1. The molecule has 0 aliphatic rings. The fourth-order valence-electron chi connectivity index (χ4n) is 2.29. The molecule has 0 aliphatic heterocycles. The van der Waals surface area contributed by atoms with Gasteiger partial charge < -0.3 is 9.84 Å². The maximum absolute atomic E-state index is 11.1. The van der Waals surface area contributed by atoms with E-state index in [1.165, 1.54) is 12.8 Å². The standard InChI is InChI=1S/C16H20N2O3/c1-4-12-9-13(5-2)18(17-12)10-11-6-7-14(16(19)20)15(8-11)21-3/h6-9H,4-5,10H2,1-3H3,(H,19,20). The monoisotopic (exact) mass is 288 g/mol. The Balaban J connectivity index is 2.31. The summed E-state index contributed by atoms with van der Waals surface area (Å²) in [5.74, 6) is -0.610. The van der Waals surface area contributed by atoms with Crippen molar-refractivity contribution < 1.29 is 14.6 Å². The molecule has 0 radical (unpaired) electrons. The molecule has 2 aromatic rings. The van der Waals surface area contributed by atoms with E-state index < -0.39 is 5.97 Å². The number of aryl methyl sites for hydroxylation is 2. The molecule has 2 rings (SSSR count). The Bertz CT molecular complexity index is 647. The second kappa shape index (κ2) is 6.43. The Morgan fingerprint density at radius 3 is 2.62 bits per heavy atom. The van der Waals surface area contributed by atoms with Gasteiger partial charge in [0.1, 0.15) is 11.3 Å². The molecule has 112 valence electrons. The highest BCUT2D eigenvalue weighted by molar-refractivity contribution is 5.90. The number of hydrogen-bond acceptors (Lipinski definition) is 3. The molecule has 0 amide bonds. The molecule has 1 N–H and O–H groups in total. The minimum absolute atomic E-state index is 0.173. The normalized spacial score (nSPS) is 10.6. The summed E-state index contributed by atoms with van der Waals surface area (Å²) in [6.07, 6.45) is 1.82. The molecule has 1 heterocycles. The van der Waals surface area contributed by atoms with Crippen molar-refractivity contribution >= 4 is 5.97 Å². The lowest BCUT2D eigenvalue weighted by atomic mass is 10.1. The molecule has 0 saturated carbocycles. The Kier molecular flexibility index (Phi) is 4.62. The third-order valence-corrected chi connectivity index (χ3v) is 3.47. The molecular weight excluding hydrogens is 268 g/mol. The van der Waals surface area contributed by atoms with Gasteiger partial charge in [0.15, 0.2) is 0 Å². The predicted octanol–water partition coefficient (Wildman–Crippen LogP) is 2.76. The van der Waals surface area contributed by atoms with Crippen LogP contribution in [-0.2, 0) is 19.4 Å². The lowest BCUT2D eigenvalue weighted by Crippen LogP contribution is -2.07. The van der Waals surface area contributed by atoms with Crippen molar-refractivity contribution in [3.63, 3.8) is 0 Å². The third kappa shape index (κ3) is 3.24. The van der Waals surface area contributed by atoms with Crippen molar-refractivity contribution in [2.24, 2.45) is 0 Å². The number of methoxy groups -OCH3 is 1. The van der Waals surface area contributed by atoms with Crippen LogP contribution in [0.5, 0.6) is 5.75 Å². The zero-order chi connectivity index (χ0) is 15.4. The van der Waals surface area contributed by atoms with Gasteiger partial charge in [-0.05, 0) is 36.6 Å². The average Bonchev–Trinajstić information content (AvgIpc) is 2.89. The van der Waals surface area contributed by atoms with Crippen LogP contribution in [0.15, 0.2) is 24.3 Å². The van der Waals surface area contributed by atoms with Crippen LogP contribution in [0.2, 0.25) is 0 Å². The van der Waals surface area contributed by atoms with Crippen LogP contribution in [0.4, 0.5) is 0 Å². The Morgan fingerprint density at radius 1 is 1.29 bits per heavy atom. The van der Waals surface area contributed by atoms with Crippen LogP contribution in [0.25, 0.3) is 0 Å². The van der Waals surface area contributed by atoms with Gasteiger partial charge in [0.25, 0.3) is 0 Å². The zero-order valence-corrected chi connectivity index (χ0v) is 12.6. The third-order valence-electron chi connectivity index (χ3n) is 3.47. The molecule has 0 fully saturated rings. The van der Waals surface area contributed by atoms with E-state index in [0.717, 1.165) is 24.1 Å². The van der Waals surface area contributed by atoms with E-state index in [9.17, 15) is 4.79 Å². The molecule has 0 unspecified atom stereocenters. The molecule has 5 nitrogen and oxygen atoms in total. The number of carboxylic acids is 1. The summed E-state index contributed by atoms with van der Waals surface area (Å²) in [5, 5.41) is 13.7. The Labute approximate surface area is 124 Å². The summed E-state index contributed by atoms with van der Waals surface area (Å²) in [5.41, 5.74) is 3.39. The fraction of sp³-hybridized carbons (Fsp3) is 0.375. The molecule has 1 aromatic heterocycles. The first-order valence-corrected chi connectivity index (χ1v) is 7.04. The lowest BCUT2D eigenvalue weighted by molar-refractivity contribution is 0.0693. The van der Waals surface area contributed by atoms with Gasteiger partial charge in [-0.15, -0.1) is 0 Å². The second-order valence-electron chi connectivity index (χ2n) is 4.83. The van der Waals surface area contributed by atoms with Crippen LogP contribution >= 0.6 is 0 Å². The summed E-state index contributed by atoms with van der Waals surface area (Å²) >= 11 is 0. The first kappa shape index (κ1) is 15.1. The molecule has 5 heteroatoms. The van der Waals surface area contributed by atoms with E-state index in [-0.39, 0.29) is 5.56 Å². The average molecular weight is 288 g/mol. The number of aromatic nitrogens is 2. The van der Waals surface area contributed by atoms with Gasteiger partial charge in [-0.3, -0.25) is 4.68 Å². The van der Waals surface area contributed by atoms with Crippen molar-refractivity contribution in [1.82, 2.24) is 9.78 Å². The van der Waals surface area contributed by atoms with Gasteiger partial charge in [-0.2, -0.15) is 5.10 Å². The SMILES string of the molecule is CCc1cc(CC)n(Cc2ccc(C(=O)O)c(OC)c2)n1. The van der Waals surface area contributed by atoms with Crippen molar-refractivity contribution in [3.05, 3.63) is 46.8 Å². The van der Waals surface area contributed by atoms with E-state index >= 15 is 0 Å². The number of carboxylic acid groups (broad SMARTS) is 1. The first-order valence-electron chi connectivity index (χ1n) is 7.04. The summed E-state index contributed by atoms with van der Waals surface area (Å²) in [4.78, 5) is 11.1.